The minimum absolute atomic E-state index is 0.114. The Hall–Kier alpha value is -2.03. The summed E-state index contributed by atoms with van der Waals surface area (Å²) in [5.74, 6) is 0. The fourth-order valence-electron chi connectivity index (χ4n) is 1.85. The highest BCUT2D eigenvalue weighted by Crippen LogP contribution is 2.22. The van der Waals surface area contributed by atoms with Crippen molar-refractivity contribution in [1.29, 1.82) is 0 Å². The molecular formula is C14H16N2O. The lowest BCUT2D eigenvalue weighted by Gasteiger charge is -2.17. The van der Waals surface area contributed by atoms with E-state index >= 15 is 0 Å². The minimum atomic E-state index is -0.114. The molecular weight excluding hydrogens is 212 g/mol. The Morgan fingerprint density at radius 3 is 2.47 bits per heavy atom. The lowest BCUT2D eigenvalue weighted by atomic mass is 10.1. The van der Waals surface area contributed by atoms with Crippen LogP contribution in [0.4, 0.5) is 10.5 Å². The molecule has 0 fully saturated rings. The molecule has 0 aromatic heterocycles. The third kappa shape index (κ3) is 2.23. The average Bonchev–Trinajstić information content (AvgIpc) is 2.36. The van der Waals surface area contributed by atoms with E-state index < -0.39 is 0 Å². The molecule has 2 aromatic carbocycles. The second kappa shape index (κ2) is 4.45. The number of carbonyl (C=O) groups excluding carboxylic acids is 1. The highest BCUT2D eigenvalue weighted by molar-refractivity contribution is 5.95. The third-order valence-electron chi connectivity index (χ3n) is 2.89. The first-order valence-electron chi connectivity index (χ1n) is 5.57. The molecule has 0 saturated carbocycles. The van der Waals surface area contributed by atoms with Gasteiger partial charge in [-0.3, -0.25) is 4.90 Å². The molecule has 0 aliphatic carbocycles. The zero-order valence-electron chi connectivity index (χ0n) is 10.3. The van der Waals surface area contributed by atoms with Gasteiger partial charge in [-0.2, -0.15) is 0 Å². The molecule has 0 aliphatic heterocycles. The Kier molecular flexibility index (Phi) is 3.00. The van der Waals surface area contributed by atoms with E-state index in [4.69, 9.17) is 0 Å². The number of anilines is 1. The van der Waals surface area contributed by atoms with Crippen LogP contribution in [0.25, 0.3) is 10.8 Å². The lowest BCUT2D eigenvalue weighted by molar-refractivity contribution is 0.249. The van der Waals surface area contributed by atoms with E-state index in [2.05, 4.69) is 30.4 Å². The highest BCUT2D eigenvalue weighted by atomic mass is 16.2. The van der Waals surface area contributed by atoms with Crippen molar-refractivity contribution < 1.29 is 4.79 Å². The number of nitrogens with zero attached hydrogens (tertiary/aromatic N) is 1. The molecule has 3 nitrogen and oxygen atoms in total. The van der Waals surface area contributed by atoms with Gasteiger partial charge in [0.2, 0.25) is 0 Å². The van der Waals surface area contributed by atoms with E-state index in [9.17, 15) is 4.79 Å². The van der Waals surface area contributed by atoms with E-state index in [-0.39, 0.29) is 6.03 Å². The molecule has 0 saturated heterocycles. The van der Waals surface area contributed by atoms with Gasteiger partial charge in [-0.05, 0) is 29.8 Å². The number of benzene rings is 2. The molecule has 0 heterocycles. The van der Waals surface area contributed by atoms with Crippen LogP contribution in [0.5, 0.6) is 0 Å². The zero-order valence-corrected chi connectivity index (χ0v) is 10.3. The quantitative estimate of drug-likeness (QED) is 0.799. The molecule has 0 unspecified atom stereocenters. The van der Waals surface area contributed by atoms with Crippen LogP contribution in [0.2, 0.25) is 0 Å². The van der Waals surface area contributed by atoms with Gasteiger partial charge in [0.25, 0.3) is 0 Å². The van der Waals surface area contributed by atoms with E-state index in [1.54, 1.807) is 19.0 Å². The number of hydrogen-bond donors (Lipinski definition) is 1. The number of carbonyl (C=O) groups is 1. The first-order valence-corrected chi connectivity index (χ1v) is 5.57. The van der Waals surface area contributed by atoms with Crippen LogP contribution in [0.3, 0.4) is 0 Å². The van der Waals surface area contributed by atoms with Gasteiger partial charge >= 0.3 is 6.03 Å². The van der Waals surface area contributed by atoms with Crippen LogP contribution < -0.4 is 10.2 Å². The predicted molar refractivity (Wildman–Crippen MR) is 71.5 cm³/mol. The molecule has 2 amide bonds. The molecule has 17 heavy (non-hydrogen) atoms. The Balaban J connectivity index is 2.44. The fraction of sp³-hybridized carbons (Fsp3) is 0.214. The topological polar surface area (TPSA) is 32.3 Å². The van der Waals surface area contributed by atoms with Crippen molar-refractivity contribution in [3.8, 4) is 0 Å². The van der Waals surface area contributed by atoms with Gasteiger partial charge in [-0.15, -0.1) is 0 Å². The summed E-state index contributed by atoms with van der Waals surface area (Å²) in [6.45, 7) is 2.07. The fourth-order valence-corrected chi connectivity index (χ4v) is 1.85. The molecule has 0 radical (unpaired) electrons. The van der Waals surface area contributed by atoms with Gasteiger partial charge in [0.1, 0.15) is 0 Å². The van der Waals surface area contributed by atoms with Crippen molar-refractivity contribution in [2.75, 3.05) is 19.0 Å². The SMILES string of the molecule is CNC(=O)N(C)c1ccc2cc(C)ccc2c1. The van der Waals surface area contributed by atoms with Crippen molar-refractivity contribution in [3.05, 3.63) is 42.0 Å². The summed E-state index contributed by atoms with van der Waals surface area (Å²) in [6.07, 6.45) is 0. The van der Waals surface area contributed by atoms with Crippen LogP contribution in [-0.2, 0) is 0 Å². The maximum atomic E-state index is 11.5. The lowest BCUT2D eigenvalue weighted by Crippen LogP contribution is -2.34. The Bertz CT molecular complexity index is 563. The summed E-state index contributed by atoms with van der Waals surface area (Å²) in [7, 11) is 3.39. The predicted octanol–water partition coefficient (Wildman–Crippen LogP) is 2.92. The summed E-state index contributed by atoms with van der Waals surface area (Å²) >= 11 is 0. The molecule has 2 aromatic rings. The zero-order chi connectivity index (χ0) is 12.4. The van der Waals surface area contributed by atoms with Crippen LogP contribution in [-0.4, -0.2) is 20.1 Å². The normalized spacial score (nSPS) is 10.3. The summed E-state index contributed by atoms with van der Waals surface area (Å²) in [4.78, 5) is 13.1. The molecule has 0 bridgehead atoms. The van der Waals surface area contributed by atoms with Crippen molar-refractivity contribution >= 4 is 22.5 Å². The number of hydrogen-bond acceptors (Lipinski definition) is 1. The number of amides is 2. The first kappa shape index (κ1) is 11.5. The Morgan fingerprint density at radius 2 is 1.76 bits per heavy atom. The summed E-state index contributed by atoms with van der Waals surface area (Å²) in [6, 6.07) is 12.2. The van der Waals surface area contributed by atoms with Crippen molar-refractivity contribution in [1.82, 2.24) is 5.32 Å². The average molecular weight is 228 g/mol. The first-order chi connectivity index (χ1) is 8.11. The van der Waals surface area contributed by atoms with Gasteiger partial charge in [-0.1, -0.05) is 29.8 Å². The molecule has 0 aliphatic rings. The van der Waals surface area contributed by atoms with Gasteiger partial charge in [0.05, 0.1) is 0 Å². The number of nitrogens with one attached hydrogen (secondary N) is 1. The number of fused-ring (bicyclic) bond motifs is 1. The monoisotopic (exact) mass is 228 g/mol. The van der Waals surface area contributed by atoms with Gasteiger partial charge in [0.15, 0.2) is 0 Å². The van der Waals surface area contributed by atoms with E-state index in [0.29, 0.717) is 0 Å². The third-order valence-corrected chi connectivity index (χ3v) is 2.89. The second-order valence-electron chi connectivity index (χ2n) is 4.15. The van der Waals surface area contributed by atoms with Crippen molar-refractivity contribution in [3.63, 3.8) is 0 Å². The van der Waals surface area contributed by atoms with Crippen molar-refractivity contribution in [2.45, 2.75) is 6.92 Å². The standard InChI is InChI=1S/C14H16N2O/c1-10-4-5-12-9-13(7-6-11(12)8-10)16(3)14(17)15-2/h4-9H,1-3H3,(H,15,17). The van der Waals surface area contributed by atoms with Crippen LogP contribution in [0.1, 0.15) is 5.56 Å². The Labute approximate surface area is 101 Å². The number of rotatable bonds is 1. The van der Waals surface area contributed by atoms with Gasteiger partial charge in [-0.25, -0.2) is 4.79 Å². The van der Waals surface area contributed by atoms with Crippen LogP contribution >= 0.6 is 0 Å². The molecule has 0 spiro atoms. The van der Waals surface area contributed by atoms with Crippen LogP contribution in [0.15, 0.2) is 36.4 Å². The maximum Gasteiger partial charge on any atom is 0.321 e. The molecule has 3 heteroatoms. The van der Waals surface area contributed by atoms with E-state index in [1.807, 2.05) is 18.2 Å². The summed E-state index contributed by atoms with van der Waals surface area (Å²) < 4.78 is 0. The van der Waals surface area contributed by atoms with Gasteiger partial charge in [0, 0.05) is 19.8 Å². The largest absolute Gasteiger partial charge is 0.341 e. The van der Waals surface area contributed by atoms with E-state index in [1.165, 1.54) is 10.9 Å². The molecule has 2 rings (SSSR count). The Morgan fingerprint density at radius 1 is 1.12 bits per heavy atom. The van der Waals surface area contributed by atoms with Crippen molar-refractivity contribution in [2.24, 2.45) is 0 Å². The second-order valence-corrected chi connectivity index (χ2v) is 4.15. The highest BCUT2D eigenvalue weighted by Gasteiger charge is 2.08. The number of urea groups is 1. The number of aryl methyl sites for hydroxylation is 1. The summed E-state index contributed by atoms with van der Waals surface area (Å²) in [5.41, 5.74) is 2.13. The smallest absolute Gasteiger partial charge is 0.321 e. The molecule has 0 atom stereocenters. The van der Waals surface area contributed by atoms with Gasteiger partial charge < -0.3 is 5.32 Å². The van der Waals surface area contributed by atoms with Crippen LogP contribution in [0, 0.1) is 6.92 Å². The summed E-state index contributed by atoms with van der Waals surface area (Å²) in [5, 5.41) is 4.94. The van der Waals surface area contributed by atoms with E-state index in [0.717, 1.165) is 11.1 Å². The maximum absolute atomic E-state index is 11.5. The molecule has 1 N–H and O–H groups in total. The minimum Gasteiger partial charge on any atom is -0.341 e. The molecule has 88 valence electrons.